The fourth-order valence-electron chi connectivity index (χ4n) is 2.02. The van der Waals surface area contributed by atoms with Gasteiger partial charge in [0.15, 0.2) is 0 Å². The Bertz CT molecular complexity index is 567. The van der Waals surface area contributed by atoms with Crippen molar-refractivity contribution in [1.29, 1.82) is 0 Å². The van der Waals surface area contributed by atoms with Crippen LogP contribution in [0.3, 0.4) is 0 Å². The molecule has 1 aliphatic heterocycles. The molecular weight excluding hydrogens is 248 g/mol. The van der Waals surface area contributed by atoms with E-state index in [0.29, 0.717) is 10.6 Å². The van der Waals surface area contributed by atoms with Gasteiger partial charge in [-0.05, 0) is 36.6 Å². The molecule has 0 aliphatic carbocycles. The molecule has 2 heterocycles. The second-order valence-electron chi connectivity index (χ2n) is 4.14. The Hall–Kier alpha value is -1.95. The summed E-state index contributed by atoms with van der Waals surface area (Å²) in [5.74, 6) is -0.116. The van der Waals surface area contributed by atoms with E-state index in [1.165, 1.54) is 17.1 Å². The first-order valence-corrected chi connectivity index (χ1v) is 6.56. The molecule has 0 bridgehead atoms. The number of nitrogens with zero attached hydrogens (tertiary/aromatic N) is 2. The van der Waals surface area contributed by atoms with E-state index < -0.39 is 0 Å². The lowest BCUT2D eigenvalue weighted by Crippen LogP contribution is -2.15. The maximum atomic E-state index is 12.0. The van der Waals surface area contributed by atoms with E-state index in [1.54, 1.807) is 6.20 Å². The summed E-state index contributed by atoms with van der Waals surface area (Å²) in [5, 5.41) is 10.4. The normalized spacial score (nSPS) is 13.6. The minimum atomic E-state index is -0.116. The molecule has 18 heavy (non-hydrogen) atoms. The molecule has 3 rings (SSSR count). The van der Waals surface area contributed by atoms with Crippen LogP contribution in [0.4, 0.5) is 10.7 Å². The van der Waals surface area contributed by atoms with Crippen LogP contribution in [0.5, 0.6) is 0 Å². The molecule has 0 unspecified atom stereocenters. The predicted molar refractivity (Wildman–Crippen MR) is 71.1 cm³/mol. The second-order valence-corrected chi connectivity index (χ2v) is 4.92. The van der Waals surface area contributed by atoms with Crippen molar-refractivity contribution >= 4 is 28.1 Å². The summed E-state index contributed by atoms with van der Waals surface area (Å²) in [5.41, 5.74) is 3.01. The summed E-state index contributed by atoms with van der Waals surface area (Å²) < 4.78 is 3.71. The van der Waals surface area contributed by atoms with Crippen LogP contribution in [0.15, 0.2) is 24.4 Å². The molecule has 6 heteroatoms. The fraction of sp³-hybridized carbons (Fsp3) is 0.250. The van der Waals surface area contributed by atoms with Gasteiger partial charge in [0, 0.05) is 29.3 Å². The molecule has 5 nitrogen and oxygen atoms in total. The van der Waals surface area contributed by atoms with Gasteiger partial charge in [0.2, 0.25) is 0 Å². The summed E-state index contributed by atoms with van der Waals surface area (Å²) in [6.07, 6.45) is 3.67. The number of carbonyl (C=O) groups is 1. The molecular formula is C12H12N4OS. The maximum Gasteiger partial charge on any atom is 0.256 e. The molecule has 0 fully saturated rings. The first-order chi connectivity index (χ1) is 8.83. The zero-order valence-electron chi connectivity index (χ0n) is 9.64. The summed E-state index contributed by atoms with van der Waals surface area (Å²) in [6.45, 7) is 1.01. The summed E-state index contributed by atoms with van der Waals surface area (Å²) >= 11 is 1.17. The third kappa shape index (κ3) is 2.19. The molecule has 0 saturated heterocycles. The summed E-state index contributed by atoms with van der Waals surface area (Å²) in [7, 11) is 0. The average Bonchev–Trinajstić information content (AvgIpc) is 2.91. The van der Waals surface area contributed by atoms with E-state index in [2.05, 4.69) is 20.2 Å². The van der Waals surface area contributed by atoms with Crippen LogP contribution >= 0.6 is 11.5 Å². The molecule has 0 atom stereocenters. The molecule has 92 valence electrons. The van der Waals surface area contributed by atoms with E-state index in [1.807, 2.05) is 18.2 Å². The highest BCUT2D eigenvalue weighted by molar-refractivity contribution is 7.10. The van der Waals surface area contributed by atoms with E-state index >= 15 is 0 Å². The SMILES string of the molecule is O=C(Nc1cnns1)c1ccc2c(c1)CCCN2. The summed E-state index contributed by atoms with van der Waals surface area (Å²) in [4.78, 5) is 12.0. The van der Waals surface area contributed by atoms with Gasteiger partial charge in [0.1, 0.15) is 5.00 Å². The zero-order valence-corrected chi connectivity index (χ0v) is 10.5. The van der Waals surface area contributed by atoms with Crippen molar-refractivity contribution < 1.29 is 4.79 Å². The number of aromatic nitrogens is 2. The van der Waals surface area contributed by atoms with Crippen molar-refractivity contribution in [3.05, 3.63) is 35.5 Å². The standard InChI is InChI=1S/C12H12N4OS/c17-12(15-11-7-14-16-18-11)9-3-4-10-8(6-9)2-1-5-13-10/h3-4,6-7,13H,1-2,5H2,(H,15,17). The topological polar surface area (TPSA) is 66.9 Å². The number of rotatable bonds is 2. The number of amides is 1. The molecule has 2 N–H and O–H groups in total. The fourth-order valence-corrected chi connectivity index (χ4v) is 2.44. The van der Waals surface area contributed by atoms with Crippen LogP contribution in [0.2, 0.25) is 0 Å². The largest absolute Gasteiger partial charge is 0.385 e. The van der Waals surface area contributed by atoms with Crippen molar-refractivity contribution in [1.82, 2.24) is 9.59 Å². The molecule has 2 aromatic rings. The van der Waals surface area contributed by atoms with Crippen molar-refractivity contribution in [2.45, 2.75) is 12.8 Å². The molecule has 0 saturated carbocycles. The predicted octanol–water partition coefficient (Wildman–Crippen LogP) is 2.15. The van der Waals surface area contributed by atoms with Crippen molar-refractivity contribution in [2.75, 3.05) is 17.2 Å². The van der Waals surface area contributed by atoms with Gasteiger partial charge in [0.05, 0.1) is 6.20 Å². The number of aryl methyl sites for hydroxylation is 1. The van der Waals surface area contributed by atoms with Crippen molar-refractivity contribution in [3.8, 4) is 0 Å². The third-order valence-electron chi connectivity index (χ3n) is 2.90. The molecule has 1 aromatic heterocycles. The summed E-state index contributed by atoms with van der Waals surface area (Å²) in [6, 6.07) is 5.75. The monoisotopic (exact) mass is 260 g/mol. The van der Waals surface area contributed by atoms with E-state index in [-0.39, 0.29) is 5.91 Å². The maximum absolute atomic E-state index is 12.0. The number of anilines is 2. The van der Waals surface area contributed by atoms with Gasteiger partial charge in [-0.3, -0.25) is 4.79 Å². The lowest BCUT2D eigenvalue weighted by Gasteiger charge is -2.18. The first-order valence-electron chi connectivity index (χ1n) is 5.78. The third-order valence-corrected chi connectivity index (χ3v) is 3.48. The molecule has 1 aliphatic rings. The molecule has 0 spiro atoms. The Morgan fingerprint density at radius 3 is 3.22 bits per heavy atom. The van der Waals surface area contributed by atoms with Crippen LogP contribution in [0, 0.1) is 0 Å². The van der Waals surface area contributed by atoms with Crippen molar-refractivity contribution in [3.63, 3.8) is 0 Å². The number of fused-ring (bicyclic) bond motifs is 1. The second kappa shape index (κ2) is 4.73. The van der Waals surface area contributed by atoms with Gasteiger partial charge in [-0.25, -0.2) is 0 Å². The highest BCUT2D eigenvalue weighted by atomic mass is 32.1. The highest BCUT2D eigenvalue weighted by Crippen LogP contribution is 2.23. The van der Waals surface area contributed by atoms with Gasteiger partial charge >= 0.3 is 0 Å². The van der Waals surface area contributed by atoms with Crippen LogP contribution in [0.1, 0.15) is 22.3 Å². The van der Waals surface area contributed by atoms with Gasteiger partial charge in [-0.2, -0.15) is 0 Å². The lowest BCUT2D eigenvalue weighted by molar-refractivity contribution is 0.102. The van der Waals surface area contributed by atoms with Gasteiger partial charge < -0.3 is 10.6 Å². The lowest BCUT2D eigenvalue weighted by atomic mass is 10.0. The Kier molecular flexibility index (Phi) is 2.93. The van der Waals surface area contributed by atoms with Crippen LogP contribution in [-0.2, 0) is 6.42 Å². The van der Waals surface area contributed by atoms with E-state index in [9.17, 15) is 4.79 Å². The van der Waals surface area contributed by atoms with Crippen LogP contribution in [0.25, 0.3) is 0 Å². The Labute approximate surface area is 108 Å². The van der Waals surface area contributed by atoms with Crippen LogP contribution < -0.4 is 10.6 Å². The van der Waals surface area contributed by atoms with E-state index in [0.717, 1.165) is 25.1 Å². The van der Waals surface area contributed by atoms with Gasteiger partial charge in [0.25, 0.3) is 5.91 Å². The van der Waals surface area contributed by atoms with Gasteiger partial charge in [-0.15, -0.1) is 5.10 Å². The Morgan fingerprint density at radius 1 is 1.44 bits per heavy atom. The Balaban J connectivity index is 1.81. The number of carbonyl (C=O) groups excluding carboxylic acids is 1. The number of nitrogens with one attached hydrogen (secondary N) is 2. The van der Waals surface area contributed by atoms with Crippen LogP contribution in [-0.4, -0.2) is 22.0 Å². The highest BCUT2D eigenvalue weighted by Gasteiger charge is 2.13. The number of hydrogen-bond acceptors (Lipinski definition) is 5. The number of hydrogen-bond donors (Lipinski definition) is 2. The van der Waals surface area contributed by atoms with E-state index in [4.69, 9.17) is 0 Å². The number of benzene rings is 1. The zero-order chi connectivity index (χ0) is 12.4. The smallest absolute Gasteiger partial charge is 0.256 e. The van der Waals surface area contributed by atoms with Gasteiger partial charge in [-0.1, -0.05) is 4.49 Å². The molecule has 1 aromatic carbocycles. The minimum absolute atomic E-state index is 0.116. The average molecular weight is 260 g/mol. The minimum Gasteiger partial charge on any atom is -0.385 e. The molecule has 1 amide bonds. The Morgan fingerprint density at radius 2 is 2.39 bits per heavy atom. The molecule has 0 radical (unpaired) electrons. The first kappa shape index (κ1) is 11.2. The quantitative estimate of drug-likeness (QED) is 0.868. The van der Waals surface area contributed by atoms with Crippen molar-refractivity contribution in [2.24, 2.45) is 0 Å².